The molecule has 4 heteroatoms. The first kappa shape index (κ1) is 10.5. The van der Waals surface area contributed by atoms with Crippen LogP contribution in [0.25, 0.3) is 10.9 Å². The van der Waals surface area contributed by atoms with Crippen molar-refractivity contribution in [3.63, 3.8) is 0 Å². The van der Waals surface area contributed by atoms with Crippen molar-refractivity contribution >= 4 is 10.9 Å². The number of rotatable bonds is 2. The van der Waals surface area contributed by atoms with Gasteiger partial charge >= 0.3 is 0 Å². The Morgan fingerprint density at radius 3 is 2.56 bits per heavy atom. The van der Waals surface area contributed by atoms with E-state index in [0.29, 0.717) is 22.6 Å². The van der Waals surface area contributed by atoms with Crippen LogP contribution in [0.15, 0.2) is 23.0 Å². The minimum atomic E-state index is -0.112. The number of fused-ring (bicyclic) bond motifs is 1. The van der Waals surface area contributed by atoms with Crippen LogP contribution in [-0.2, 0) is 0 Å². The Kier molecular flexibility index (Phi) is 2.56. The number of H-pyrrole nitrogens is 1. The van der Waals surface area contributed by atoms with Crippen molar-refractivity contribution in [3.8, 4) is 11.5 Å². The number of benzene rings is 1. The van der Waals surface area contributed by atoms with Crippen molar-refractivity contribution in [1.82, 2.24) is 4.98 Å². The minimum absolute atomic E-state index is 0.112. The van der Waals surface area contributed by atoms with Crippen molar-refractivity contribution in [1.29, 1.82) is 0 Å². The van der Waals surface area contributed by atoms with E-state index >= 15 is 0 Å². The fourth-order valence-corrected chi connectivity index (χ4v) is 1.70. The number of aromatic amines is 1. The summed E-state index contributed by atoms with van der Waals surface area (Å²) >= 11 is 0. The van der Waals surface area contributed by atoms with Gasteiger partial charge in [-0.1, -0.05) is 0 Å². The molecule has 2 aromatic rings. The SMILES string of the molecule is COc1ccc2cc(C)c(=O)[nH]c2c1OC. The first-order valence-electron chi connectivity index (χ1n) is 4.92. The summed E-state index contributed by atoms with van der Waals surface area (Å²) < 4.78 is 10.4. The first-order chi connectivity index (χ1) is 7.67. The van der Waals surface area contributed by atoms with Crippen LogP contribution in [-0.4, -0.2) is 19.2 Å². The van der Waals surface area contributed by atoms with Crippen LogP contribution in [0.2, 0.25) is 0 Å². The molecule has 84 valence electrons. The third kappa shape index (κ3) is 1.52. The predicted octanol–water partition coefficient (Wildman–Crippen LogP) is 1.85. The lowest BCUT2D eigenvalue weighted by atomic mass is 10.1. The first-order valence-corrected chi connectivity index (χ1v) is 4.92. The van der Waals surface area contributed by atoms with Crippen LogP contribution in [0.4, 0.5) is 0 Å². The molecule has 0 fully saturated rings. The average molecular weight is 219 g/mol. The molecule has 16 heavy (non-hydrogen) atoms. The molecule has 2 rings (SSSR count). The standard InChI is InChI=1S/C12H13NO3/c1-7-6-8-4-5-9(15-2)11(16-3)10(8)13-12(7)14/h4-6H,1-3H3,(H,13,14). The number of aryl methyl sites for hydroxylation is 1. The van der Waals surface area contributed by atoms with E-state index in [9.17, 15) is 4.79 Å². The highest BCUT2D eigenvalue weighted by Gasteiger charge is 2.10. The summed E-state index contributed by atoms with van der Waals surface area (Å²) in [6.07, 6.45) is 0. The lowest BCUT2D eigenvalue weighted by molar-refractivity contribution is 0.358. The molecule has 0 amide bonds. The largest absolute Gasteiger partial charge is 0.493 e. The van der Waals surface area contributed by atoms with E-state index in [2.05, 4.69) is 4.98 Å². The fourth-order valence-electron chi connectivity index (χ4n) is 1.70. The third-order valence-electron chi connectivity index (χ3n) is 2.55. The van der Waals surface area contributed by atoms with Crippen LogP contribution < -0.4 is 15.0 Å². The molecule has 0 atom stereocenters. The third-order valence-corrected chi connectivity index (χ3v) is 2.55. The Labute approximate surface area is 92.8 Å². The Bertz CT molecular complexity index is 587. The number of nitrogens with one attached hydrogen (secondary N) is 1. The van der Waals surface area contributed by atoms with Gasteiger partial charge in [0, 0.05) is 10.9 Å². The molecule has 0 unspecified atom stereocenters. The van der Waals surface area contributed by atoms with Crippen molar-refractivity contribution in [3.05, 3.63) is 34.1 Å². The van der Waals surface area contributed by atoms with E-state index in [1.807, 2.05) is 18.2 Å². The summed E-state index contributed by atoms with van der Waals surface area (Å²) in [5.74, 6) is 1.16. The monoisotopic (exact) mass is 219 g/mol. The maximum Gasteiger partial charge on any atom is 0.251 e. The van der Waals surface area contributed by atoms with E-state index in [1.54, 1.807) is 21.1 Å². The molecule has 1 heterocycles. The van der Waals surface area contributed by atoms with Gasteiger partial charge in [-0.3, -0.25) is 4.79 Å². The van der Waals surface area contributed by atoms with Crippen molar-refractivity contribution in [2.45, 2.75) is 6.92 Å². The van der Waals surface area contributed by atoms with Gasteiger partial charge < -0.3 is 14.5 Å². The number of ether oxygens (including phenoxy) is 2. The van der Waals surface area contributed by atoms with Crippen molar-refractivity contribution in [2.24, 2.45) is 0 Å². The van der Waals surface area contributed by atoms with Crippen LogP contribution in [0.3, 0.4) is 0 Å². The van der Waals surface area contributed by atoms with Gasteiger partial charge in [-0.25, -0.2) is 0 Å². The Morgan fingerprint density at radius 2 is 1.94 bits per heavy atom. The van der Waals surface area contributed by atoms with E-state index in [0.717, 1.165) is 5.39 Å². The van der Waals surface area contributed by atoms with Crippen LogP contribution in [0.1, 0.15) is 5.56 Å². The summed E-state index contributed by atoms with van der Waals surface area (Å²) in [6.45, 7) is 1.77. The van der Waals surface area contributed by atoms with E-state index in [4.69, 9.17) is 9.47 Å². The fraction of sp³-hybridized carbons (Fsp3) is 0.250. The second-order valence-electron chi connectivity index (χ2n) is 3.55. The van der Waals surface area contributed by atoms with Gasteiger partial charge in [-0.15, -0.1) is 0 Å². The highest BCUT2D eigenvalue weighted by molar-refractivity contribution is 5.87. The normalized spacial score (nSPS) is 10.4. The van der Waals surface area contributed by atoms with Gasteiger partial charge in [0.25, 0.3) is 5.56 Å². The number of methoxy groups -OCH3 is 2. The zero-order valence-electron chi connectivity index (χ0n) is 9.46. The van der Waals surface area contributed by atoms with Crippen LogP contribution in [0.5, 0.6) is 11.5 Å². The van der Waals surface area contributed by atoms with Crippen LogP contribution in [0, 0.1) is 6.92 Å². The number of hydrogen-bond donors (Lipinski definition) is 1. The number of aromatic nitrogens is 1. The van der Waals surface area contributed by atoms with Gasteiger partial charge in [0.15, 0.2) is 11.5 Å². The summed E-state index contributed by atoms with van der Waals surface area (Å²) in [5.41, 5.74) is 1.23. The van der Waals surface area contributed by atoms with Crippen molar-refractivity contribution < 1.29 is 9.47 Å². The molecule has 0 spiro atoms. The number of pyridine rings is 1. The molecule has 0 aliphatic heterocycles. The summed E-state index contributed by atoms with van der Waals surface area (Å²) in [4.78, 5) is 14.3. The Morgan fingerprint density at radius 1 is 1.19 bits per heavy atom. The van der Waals surface area contributed by atoms with E-state index in [-0.39, 0.29) is 5.56 Å². The molecule has 0 saturated carbocycles. The molecule has 4 nitrogen and oxygen atoms in total. The second-order valence-corrected chi connectivity index (χ2v) is 3.55. The molecule has 0 bridgehead atoms. The van der Waals surface area contributed by atoms with Gasteiger partial charge in [0.2, 0.25) is 0 Å². The quantitative estimate of drug-likeness (QED) is 0.838. The average Bonchev–Trinajstić information content (AvgIpc) is 2.29. The molecule has 0 aliphatic carbocycles. The Hall–Kier alpha value is -1.97. The number of hydrogen-bond acceptors (Lipinski definition) is 3. The summed E-state index contributed by atoms with van der Waals surface area (Å²) in [6, 6.07) is 5.54. The minimum Gasteiger partial charge on any atom is -0.493 e. The van der Waals surface area contributed by atoms with Gasteiger partial charge in [-0.05, 0) is 25.1 Å². The van der Waals surface area contributed by atoms with Gasteiger partial charge in [-0.2, -0.15) is 0 Å². The molecule has 1 N–H and O–H groups in total. The molecule has 0 saturated heterocycles. The zero-order chi connectivity index (χ0) is 11.7. The van der Waals surface area contributed by atoms with E-state index in [1.165, 1.54) is 0 Å². The van der Waals surface area contributed by atoms with Crippen molar-refractivity contribution in [2.75, 3.05) is 14.2 Å². The lowest BCUT2D eigenvalue weighted by Gasteiger charge is -2.10. The molecule has 1 aromatic heterocycles. The summed E-state index contributed by atoms with van der Waals surface area (Å²) in [7, 11) is 3.12. The maximum absolute atomic E-state index is 11.5. The lowest BCUT2D eigenvalue weighted by Crippen LogP contribution is -2.09. The van der Waals surface area contributed by atoms with Gasteiger partial charge in [0.1, 0.15) is 0 Å². The van der Waals surface area contributed by atoms with Crippen LogP contribution >= 0.6 is 0 Å². The smallest absolute Gasteiger partial charge is 0.251 e. The topological polar surface area (TPSA) is 51.3 Å². The molecule has 1 aromatic carbocycles. The molecule has 0 aliphatic rings. The highest BCUT2D eigenvalue weighted by atomic mass is 16.5. The highest BCUT2D eigenvalue weighted by Crippen LogP contribution is 2.33. The molecular weight excluding hydrogens is 206 g/mol. The molecule has 0 radical (unpaired) electrons. The Balaban J connectivity index is 2.86. The predicted molar refractivity (Wildman–Crippen MR) is 62.4 cm³/mol. The van der Waals surface area contributed by atoms with E-state index < -0.39 is 0 Å². The molecular formula is C12H13NO3. The van der Waals surface area contributed by atoms with Gasteiger partial charge in [0.05, 0.1) is 19.7 Å². The summed E-state index contributed by atoms with van der Waals surface area (Å²) in [5, 5.41) is 0.926. The maximum atomic E-state index is 11.5. The second kappa shape index (κ2) is 3.89. The zero-order valence-corrected chi connectivity index (χ0v) is 9.46.